The lowest BCUT2D eigenvalue weighted by Gasteiger charge is -2.12. The molecule has 0 aliphatic heterocycles. The minimum absolute atomic E-state index is 0.0313. The van der Waals surface area contributed by atoms with Gasteiger partial charge in [0.15, 0.2) is 12.1 Å². The maximum atomic E-state index is 12.5. The van der Waals surface area contributed by atoms with Gasteiger partial charge in [-0.05, 0) is 55.6 Å². The lowest BCUT2D eigenvalue weighted by atomic mass is 9.98. The number of furan rings is 1. The molecule has 11 nitrogen and oxygen atoms in total. The second kappa shape index (κ2) is 13.5. The molecule has 6 rings (SSSR count). The number of ether oxygens (including phenoxy) is 1. The normalized spacial score (nSPS) is 11.6. The summed E-state index contributed by atoms with van der Waals surface area (Å²) in [7, 11) is 7.53. The van der Waals surface area contributed by atoms with Crippen LogP contribution in [0.25, 0.3) is 44.9 Å². The third kappa shape index (κ3) is 6.80. The number of aldehydes is 1. The summed E-state index contributed by atoms with van der Waals surface area (Å²) in [4.78, 5) is 35.7. The number of rotatable bonds is 11. The van der Waals surface area contributed by atoms with Crippen LogP contribution >= 0.6 is 0 Å². The summed E-state index contributed by atoms with van der Waals surface area (Å²) in [5, 5.41) is 10.4. The Bertz CT molecular complexity index is 2080. The van der Waals surface area contributed by atoms with Crippen LogP contribution in [0.1, 0.15) is 5.56 Å². The highest BCUT2D eigenvalue weighted by atomic mass is 16.5. The van der Waals surface area contributed by atoms with Gasteiger partial charge in [-0.3, -0.25) is 14.3 Å². The number of amides is 1. The topological polar surface area (TPSA) is 127 Å². The number of anilines is 1. The molecule has 0 fully saturated rings. The molecule has 0 unspecified atom stereocenters. The maximum absolute atomic E-state index is 12.5. The van der Waals surface area contributed by atoms with E-state index in [-0.39, 0.29) is 5.57 Å². The Morgan fingerprint density at radius 2 is 1.74 bits per heavy atom. The van der Waals surface area contributed by atoms with E-state index in [0.29, 0.717) is 46.3 Å². The number of aryl methyl sites for hydroxylation is 1. The fraction of sp³-hybridized carbons (Fsp3) is 0.139. The number of nitrogens with one attached hydrogen (secondary N) is 2. The van der Waals surface area contributed by atoms with Crippen molar-refractivity contribution >= 4 is 29.0 Å². The van der Waals surface area contributed by atoms with Crippen LogP contribution in [0.3, 0.4) is 0 Å². The van der Waals surface area contributed by atoms with Gasteiger partial charge in [0.25, 0.3) is 5.91 Å². The first-order valence-electron chi connectivity index (χ1n) is 14.9. The molecule has 47 heavy (non-hydrogen) atoms. The van der Waals surface area contributed by atoms with Crippen LogP contribution in [0.5, 0.6) is 11.6 Å². The Balaban J connectivity index is 1.50. The van der Waals surface area contributed by atoms with Crippen LogP contribution in [0.2, 0.25) is 0 Å². The van der Waals surface area contributed by atoms with Crippen molar-refractivity contribution < 1.29 is 18.7 Å². The zero-order chi connectivity index (χ0) is 32.9. The van der Waals surface area contributed by atoms with Crippen molar-refractivity contribution in [1.29, 1.82) is 0 Å². The third-order valence-corrected chi connectivity index (χ3v) is 7.25. The summed E-state index contributed by atoms with van der Waals surface area (Å²) in [6.45, 7) is 0.756. The summed E-state index contributed by atoms with van der Waals surface area (Å²) in [6.07, 6.45) is 5.48. The van der Waals surface area contributed by atoms with Crippen molar-refractivity contribution in [3.8, 4) is 45.5 Å². The first-order chi connectivity index (χ1) is 22.8. The Labute approximate surface area is 271 Å². The summed E-state index contributed by atoms with van der Waals surface area (Å²) in [6, 6.07) is 24.7. The van der Waals surface area contributed by atoms with E-state index >= 15 is 0 Å². The van der Waals surface area contributed by atoms with Crippen molar-refractivity contribution in [3.63, 3.8) is 0 Å². The van der Waals surface area contributed by atoms with E-state index in [1.807, 2.05) is 69.8 Å². The second-order valence-electron chi connectivity index (χ2n) is 11.1. The van der Waals surface area contributed by atoms with Crippen LogP contribution in [-0.4, -0.2) is 58.0 Å². The van der Waals surface area contributed by atoms with Gasteiger partial charge >= 0.3 is 0 Å². The zero-order valence-corrected chi connectivity index (χ0v) is 26.4. The second-order valence-corrected chi connectivity index (χ2v) is 11.1. The van der Waals surface area contributed by atoms with E-state index in [4.69, 9.17) is 19.1 Å². The van der Waals surface area contributed by atoms with E-state index in [1.54, 1.807) is 42.2 Å². The molecule has 0 radical (unpaired) electrons. The molecule has 3 heterocycles. The molecule has 0 aliphatic carbocycles. The number of fused-ring (bicyclic) bond motifs is 1. The average molecular weight is 628 g/mol. The minimum atomic E-state index is -0.532. The number of aromatic nitrogens is 4. The number of carbonyl (C=O) groups is 2. The van der Waals surface area contributed by atoms with Gasteiger partial charge in [0, 0.05) is 49.9 Å². The van der Waals surface area contributed by atoms with Gasteiger partial charge in [-0.25, -0.2) is 0 Å². The Morgan fingerprint density at radius 1 is 0.979 bits per heavy atom. The highest BCUT2D eigenvalue weighted by molar-refractivity contribution is 6.16. The van der Waals surface area contributed by atoms with E-state index in [9.17, 15) is 9.59 Å². The van der Waals surface area contributed by atoms with Crippen LogP contribution in [0.4, 0.5) is 5.69 Å². The van der Waals surface area contributed by atoms with Gasteiger partial charge in [-0.2, -0.15) is 15.1 Å². The van der Waals surface area contributed by atoms with E-state index in [2.05, 4.69) is 32.8 Å². The summed E-state index contributed by atoms with van der Waals surface area (Å²) < 4.78 is 14.8. The number of carbonyl (C=O) groups excluding carboxylic acids is 2. The number of hydrogen-bond donors (Lipinski definition) is 2. The van der Waals surface area contributed by atoms with Gasteiger partial charge < -0.3 is 24.7 Å². The monoisotopic (exact) mass is 627 g/mol. The predicted molar refractivity (Wildman–Crippen MR) is 181 cm³/mol. The molecule has 0 aliphatic rings. The van der Waals surface area contributed by atoms with Crippen molar-refractivity contribution in [2.45, 2.75) is 6.54 Å². The van der Waals surface area contributed by atoms with Crippen molar-refractivity contribution in [1.82, 2.24) is 30.0 Å². The van der Waals surface area contributed by atoms with Crippen LogP contribution in [0.15, 0.2) is 107 Å². The molecule has 1 amide bonds. The van der Waals surface area contributed by atoms with Crippen LogP contribution in [0, 0.1) is 0 Å². The number of hydrogen-bond acceptors (Lipinski definition) is 9. The van der Waals surface area contributed by atoms with Crippen LogP contribution in [-0.2, 0) is 23.2 Å². The highest BCUT2D eigenvalue weighted by Crippen LogP contribution is 2.45. The SMILES string of the molecule is CN/C=C(\C=O)C(=O)Nc1ccc(Oc2nc(-c3ccccc3)nc3oc(-c4cnn(C)c4)c(-c4cccc(CN(C)C)c4)c23)cc1. The molecule has 0 atom stereocenters. The molecule has 0 saturated carbocycles. The molecule has 0 bridgehead atoms. The lowest BCUT2D eigenvalue weighted by Crippen LogP contribution is -2.17. The van der Waals surface area contributed by atoms with Crippen LogP contribution < -0.4 is 15.4 Å². The average Bonchev–Trinajstić information content (AvgIpc) is 3.68. The maximum Gasteiger partial charge on any atom is 0.260 e. The van der Waals surface area contributed by atoms with Gasteiger partial charge in [-0.15, -0.1) is 0 Å². The standard InChI is InChI=1S/C36H33N7O4/c1-37-18-27(22-44)34(45)39-28-13-15-29(16-14-28)46-35-31-30(25-12-8-9-23(17-25)20-42(2)3)32(26-19-38-43(4)21-26)47-36(31)41-33(40-35)24-10-6-5-7-11-24/h5-19,21-22,37H,20H2,1-4H3,(H,39,45)/b27-18+. The molecule has 3 aromatic carbocycles. The van der Waals surface area contributed by atoms with E-state index in [1.165, 1.54) is 6.20 Å². The molecule has 0 spiro atoms. The van der Waals surface area contributed by atoms with Crippen molar-refractivity contribution in [2.24, 2.45) is 7.05 Å². The summed E-state index contributed by atoms with van der Waals surface area (Å²) >= 11 is 0. The number of nitrogens with zero attached hydrogens (tertiary/aromatic N) is 5. The zero-order valence-electron chi connectivity index (χ0n) is 26.4. The van der Waals surface area contributed by atoms with Gasteiger partial charge in [0.1, 0.15) is 16.9 Å². The van der Waals surface area contributed by atoms with Crippen molar-refractivity contribution in [2.75, 3.05) is 26.5 Å². The molecule has 2 N–H and O–H groups in total. The fourth-order valence-corrected chi connectivity index (χ4v) is 5.20. The molecule has 0 saturated heterocycles. The lowest BCUT2D eigenvalue weighted by molar-refractivity contribution is -0.115. The largest absolute Gasteiger partial charge is 0.438 e. The molecule has 11 heteroatoms. The van der Waals surface area contributed by atoms with E-state index < -0.39 is 5.91 Å². The number of benzene rings is 3. The smallest absolute Gasteiger partial charge is 0.260 e. The highest BCUT2D eigenvalue weighted by Gasteiger charge is 2.26. The first kappa shape index (κ1) is 30.9. The van der Waals surface area contributed by atoms with Gasteiger partial charge in [0.05, 0.1) is 17.3 Å². The Kier molecular flexibility index (Phi) is 8.89. The Hall–Kier alpha value is -6.07. The molecular formula is C36H33N7O4. The Morgan fingerprint density at radius 3 is 2.43 bits per heavy atom. The molecule has 236 valence electrons. The van der Waals surface area contributed by atoms with Gasteiger partial charge in [-0.1, -0.05) is 48.5 Å². The van der Waals surface area contributed by atoms with Crippen molar-refractivity contribution in [3.05, 3.63) is 109 Å². The summed E-state index contributed by atoms with van der Waals surface area (Å²) in [5.74, 6) is 1.28. The quantitative estimate of drug-likeness (QED) is 0.0764. The molecular weight excluding hydrogens is 594 g/mol. The summed E-state index contributed by atoms with van der Waals surface area (Å²) in [5.41, 5.74) is 5.23. The van der Waals surface area contributed by atoms with Gasteiger partial charge in [0.2, 0.25) is 11.6 Å². The molecule has 3 aromatic heterocycles. The predicted octanol–water partition coefficient (Wildman–Crippen LogP) is 6.05. The minimum Gasteiger partial charge on any atom is -0.438 e. The van der Waals surface area contributed by atoms with E-state index in [0.717, 1.165) is 34.4 Å². The third-order valence-electron chi connectivity index (χ3n) is 7.25. The molecule has 6 aromatic rings. The fourth-order valence-electron chi connectivity index (χ4n) is 5.20. The first-order valence-corrected chi connectivity index (χ1v) is 14.9.